The first kappa shape index (κ1) is 8.16. The van der Waals surface area contributed by atoms with E-state index in [4.69, 9.17) is 0 Å². The fraction of sp³-hybridized carbons (Fsp3) is 0.333. The minimum absolute atomic E-state index is 0.0348. The summed E-state index contributed by atoms with van der Waals surface area (Å²) >= 11 is 0. The second kappa shape index (κ2) is 3.12. The summed E-state index contributed by atoms with van der Waals surface area (Å²) in [5, 5.41) is 2.70. The maximum absolute atomic E-state index is 12.8. The third-order valence-electron chi connectivity index (χ3n) is 2.18. The summed E-state index contributed by atoms with van der Waals surface area (Å²) in [6, 6.07) is 1.36. The summed E-state index contributed by atoms with van der Waals surface area (Å²) in [4.78, 5) is 14.9. The van der Waals surface area contributed by atoms with Gasteiger partial charge in [-0.05, 0) is 18.1 Å². The van der Waals surface area contributed by atoms with Crippen LogP contribution in [-0.4, -0.2) is 17.4 Å². The second-order valence-electron chi connectivity index (χ2n) is 3.07. The van der Waals surface area contributed by atoms with Crippen LogP contribution in [0.1, 0.15) is 17.9 Å². The van der Waals surface area contributed by atoms with E-state index in [1.807, 2.05) is 0 Å². The predicted molar refractivity (Wildman–Crippen MR) is 44.6 cm³/mol. The molecule has 2 rings (SSSR count). The Morgan fingerprint density at radius 2 is 2.38 bits per heavy atom. The van der Waals surface area contributed by atoms with E-state index in [2.05, 4.69) is 10.3 Å². The Hall–Kier alpha value is -1.45. The molecule has 1 fully saturated rings. The Kier molecular flexibility index (Phi) is 1.96. The summed E-state index contributed by atoms with van der Waals surface area (Å²) in [5.41, 5.74) is 0.662. The van der Waals surface area contributed by atoms with E-state index < -0.39 is 5.82 Å². The zero-order valence-corrected chi connectivity index (χ0v) is 6.96. The van der Waals surface area contributed by atoms with Crippen LogP contribution >= 0.6 is 0 Å². The standard InChI is InChI=1S/C9H9FN2O/c10-7-3-6(4-11-5-7)8-1-2-12-9(8)13/h3-5,8H,1-2H2,(H,12,13). The molecule has 0 radical (unpaired) electrons. The van der Waals surface area contributed by atoms with E-state index in [-0.39, 0.29) is 11.8 Å². The molecule has 1 amide bonds. The van der Waals surface area contributed by atoms with Gasteiger partial charge >= 0.3 is 0 Å². The second-order valence-corrected chi connectivity index (χ2v) is 3.07. The maximum Gasteiger partial charge on any atom is 0.227 e. The van der Waals surface area contributed by atoms with Crippen LogP contribution in [0.3, 0.4) is 0 Å². The lowest BCUT2D eigenvalue weighted by Gasteiger charge is -2.05. The van der Waals surface area contributed by atoms with E-state index in [0.717, 1.165) is 12.6 Å². The van der Waals surface area contributed by atoms with Gasteiger partial charge in [-0.15, -0.1) is 0 Å². The van der Waals surface area contributed by atoms with Crippen LogP contribution in [-0.2, 0) is 4.79 Å². The van der Waals surface area contributed by atoms with Gasteiger partial charge in [0.05, 0.1) is 12.1 Å². The molecule has 13 heavy (non-hydrogen) atoms. The largest absolute Gasteiger partial charge is 0.356 e. The molecule has 0 aromatic carbocycles. The molecule has 2 heterocycles. The molecule has 3 nitrogen and oxygen atoms in total. The van der Waals surface area contributed by atoms with Crippen LogP contribution in [0.4, 0.5) is 4.39 Å². The van der Waals surface area contributed by atoms with Gasteiger partial charge in [0.1, 0.15) is 5.82 Å². The lowest BCUT2D eigenvalue weighted by atomic mass is 10.00. The van der Waals surface area contributed by atoms with Crippen molar-refractivity contribution in [3.05, 3.63) is 29.8 Å². The van der Waals surface area contributed by atoms with E-state index in [9.17, 15) is 9.18 Å². The summed E-state index contributed by atoms with van der Waals surface area (Å²) in [6.07, 6.45) is 3.40. The lowest BCUT2D eigenvalue weighted by Crippen LogP contribution is -2.18. The molecular formula is C9H9FN2O. The number of carbonyl (C=O) groups is 1. The molecule has 68 valence electrons. The molecule has 1 aromatic heterocycles. The number of hydrogen-bond acceptors (Lipinski definition) is 2. The smallest absolute Gasteiger partial charge is 0.227 e. The van der Waals surface area contributed by atoms with Crippen LogP contribution < -0.4 is 5.32 Å². The van der Waals surface area contributed by atoms with Gasteiger partial charge in [-0.1, -0.05) is 0 Å². The van der Waals surface area contributed by atoms with Crippen LogP contribution in [0.5, 0.6) is 0 Å². The third kappa shape index (κ3) is 1.52. The van der Waals surface area contributed by atoms with Crippen molar-refractivity contribution in [2.45, 2.75) is 12.3 Å². The number of nitrogens with one attached hydrogen (secondary N) is 1. The molecule has 1 saturated heterocycles. The summed E-state index contributed by atoms with van der Waals surface area (Å²) in [6.45, 7) is 0.667. The highest BCUT2D eigenvalue weighted by Crippen LogP contribution is 2.22. The van der Waals surface area contributed by atoms with Crippen LogP contribution in [0.2, 0.25) is 0 Å². The van der Waals surface area contributed by atoms with Gasteiger partial charge in [0.15, 0.2) is 0 Å². The number of hydrogen-bond donors (Lipinski definition) is 1. The number of carbonyl (C=O) groups excluding carboxylic acids is 1. The van der Waals surface area contributed by atoms with Crippen molar-refractivity contribution in [2.75, 3.05) is 6.54 Å². The quantitative estimate of drug-likeness (QED) is 0.695. The van der Waals surface area contributed by atoms with Crippen LogP contribution in [0.25, 0.3) is 0 Å². The SMILES string of the molecule is O=C1NCCC1c1cncc(F)c1. The first-order valence-corrected chi connectivity index (χ1v) is 4.15. The Bertz CT molecular complexity index is 340. The zero-order valence-electron chi connectivity index (χ0n) is 6.96. The van der Waals surface area contributed by atoms with Gasteiger partial charge in [-0.2, -0.15) is 0 Å². The van der Waals surface area contributed by atoms with Crippen molar-refractivity contribution in [3.8, 4) is 0 Å². The van der Waals surface area contributed by atoms with Gasteiger partial charge in [0.2, 0.25) is 5.91 Å². The third-order valence-corrected chi connectivity index (χ3v) is 2.18. The molecule has 1 atom stereocenters. The Balaban J connectivity index is 2.29. The van der Waals surface area contributed by atoms with E-state index in [1.54, 1.807) is 6.20 Å². The van der Waals surface area contributed by atoms with Gasteiger partial charge < -0.3 is 5.32 Å². The Morgan fingerprint density at radius 1 is 1.54 bits per heavy atom. The Labute approximate surface area is 75.0 Å². The molecular weight excluding hydrogens is 171 g/mol. The van der Waals surface area contributed by atoms with Crippen molar-refractivity contribution >= 4 is 5.91 Å². The first-order chi connectivity index (χ1) is 6.27. The number of rotatable bonds is 1. The zero-order chi connectivity index (χ0) is 9.26. The molecule has 1 aliphatic heterocycles. The summed E-state index contributed by atoms with van der Waals surface area (Å²) in [5.74, 6) is -0.646. The first-order valence-electron chi connectivity index (χ1n) is 4.15. The fourth-order valence-corrected chi connectivity index (χ4v) is 1.53. The predicted octanol–water partition coefficient (Wildman–Crippen LogP) is 0.824. The molecule has 1 N–H and O–H groups in total. The van der Waals surface area contributed by atoms with Crippen molar-refractivity contribution in [3.63, 3.8) is 0 Å². The number of aromatic nitrogens is 1. The molecule has 1 aliphatic rings. The maximum atomic E-state index is 12.8. The number of pyridine rings is 1. The molecule has 0 saturated carbocycles. The molecule has 0 spiro atoms. The van der Waals surface area contributed by atoms with Crippen molar-refractivity contribution in [1.82, 2.24) is 10.3 Å². The van der Waals surface area contributed by atoms with Crippen molar-refractivity contribution < 1.29 is 9.18 Å². The minimum Gasteiger partial charge on any atom is -0.356 e. The van der Waals surface area contributed by atoms with Crippen LogP contribution in [0, 0.1) is 5.82 Å². The van der Waals surface area contributed by atoms with Gasteiger partial charge in [-0.3, -0.25) is 9.78 Å². The average Bonchev–Trinajstić information content (AvgIpc) is 2.51. The number of nitrogens with zero attached hydrogens (tertiary/aromatic N) is 1. The Morgan fingerprint density at radius 3 is 3.00 bits per heavy atom. The molecule has 0 bridgehead atoms. The molecule has 4 heteroatoms. The average molecular weight is 180 g/mol. The van der Waals surface area contributed by atoms with Crippen LogP contribution in [0.15, 0.2) is 18.5 Å². The van der Waals surface area contributed by atoms with E-state index in [0.29, 0.717) is 12.1 Å². The summed E-state index contributed by atoms with van der Waals surface area (Å²) in [7, 11) is 0. The van der Waals surface area contributed by atoms with Gasteiger partial charge in [0.25, 0.3) is 0 Å². The van der Waals surface area contributed by atoms with Crippen molar-refractivity contribution in [1.29, 1.82) is 0 Å². The van der Waals surface area contributed by atoms with Gasteiger partial charge in [0, 0.05) is 12.7 Å². The molecule has 1 aromatic rings. The van der Waals surface area contributed by atoms with Crippen molar-refractivity contribution in [2.24, 2.45) is 0 Å². The summed E-state index contributed by atoms with van der Waals surface area (Å²) < 4.78 is 12.8. The highest BCUT2D eigenvalue weighted by Gasteiger charge is 2.25. The van der Waals surface area contributed by atoms with E-state index >= 15 is 0 Å². The monoisotopic (exact) mass is 180 g/mol. The molecule has 0 aliphatic carbocycles. The molecule has 1 unspecified atom stereocenters. The lowest BCUT2D eigenvalue weighted by molar-refractivity contribution is -0.120. The van der Waals surface area contributed by atoms with Gasteiger partial charge in [-0.25, -0.2) is 4.39 Å². The number of halogens is 1. The highest BCUT2D eigenvalue weighted by atomic mass is 19.1. The fourth-order valence-electron chi connectivity index (χ4n) is 1.53. The minimum atomic E-state index is -0.391. The topological polar surface area (TPSA) is 42.0 Å². The number of amides is 1. The highest BCUT2D eigenvalue weighted by molar-refractivity contribution is 5.85. The van der Waals surface area contributed by atoms with E-state index in [1.165, 1.54) is 6.07 Å². The normalized spacial score (nSPS) is 21.6.